The molecule has 0 amide bonds. The van der Waals surface area contributed by atoms with Gasteiger partial charge in [-0.1, -0.05) is 36.8 Å². The van der Waals surface area contributed by atoms with Crippen LogP contribution < -0.4 is 5.32 Å². The van der Waals surface area contributed by atoms with Crippen molar-refractivity contribution in [3.63, 3.8) is 0 Å². The summed E-state index contributed by atoms with van der Waals surface area (Å²) in [6, 6.07) is 8.91. The Morgan fingerprint density at radius 2 is 1.76 bits per heavy atom. The van der Waals surface area contributed by atoms with Gasteiger partial charge in [0.1, 0.15) is 0 Å². The van der Waals surface area contributed by atoms with Crippen molar-refractivity contribution in [3.8, 4) is 0 Å². The fraction of sp³-hybridized carbons (Fsp3) is 0.600. The Kier molecular flexibility index (Phi) is 5.16. The van der Waals surface area contributed by atoms with Crippen molar-refractivity contribution in [2.45, 2.75) is 46.3 Å². The molecule has 1 atom stereocenters. The minimum atomic E-state index is -0.194. The van der Waals surface area contributed by atoms with E-state index < -0.39 is 0 Å². The molecular formula is C15H25NO. The molecule has 0 aliphatic rings. The average molecular weight is 235 g/mol. The summed E-state index contributed by atoms with van der Waals surface area (Å²) in [5, 5.41) is 3.52. The Labute approximate surface area is 105 Å². The first-order chi connectivity index (χ1) is 8.01. The first-order valence-electron chi connectivity index (χ1n) is 6.45. The molecule has 0 spiro atoms. The van der Waals surface area contributed by atoms with Gasteiger partial charge in [-0.2, -0.15) is 0 Å². The molecule has 0 aliphatic heterocycles. The summed E-state index contributed by atoms with van der Waals surface area (Å²) in [5.74, 6) is 0. The molecule has 2 heteroatoms. The lowest BCUT2D eigenvalue weighted by Crippen LogP contribution is -2.41. The summed E-state index contributed by atoms with van der Waals surface area (Å²) < 4.78 is 5.87. The largest absolute Gasteiger partial charge is 0.374 e. The molecule has 0 bridgehead atoms. The van der Waals surface area contributed by atoms with E-state index in [9.17, 15) is 0 Å². The second-order valence-electron chi connectivity index (χ2n) is 4.94. The highest BCUT2D eigenvalue weighted by molar-refractivity contribution is 5.26. The van der Waals surface area contributed by atoms with Gasteiger partial charge in [-0.15, -0.1) is 0 Å². The average Bonchev–Trinajstić information content (AvgIpc) is 2.27. The highest BCUT2D eigenvalue weighted by atomic mass is 16.5. The summed E-state index contributed by atoms with van der Waals surface area (Å²) in [7, 11) is 0. The van der Waals surface area contributed by atoms with Crippen LogP contribution in [0.5, 0.6) is 0 Å². The zero-order chi connectivity index (χ0) is 12.9. The Morgan fingerprint density at radius 3 is 2.24 bits per heavy atom. The fourth-order valence-corrected chi connectivity index (χ4v) is 2.18. The number of likely N-dealkylation sites (N-methyl/N-ethyl adjacent to an activating group) is 1. The van der Waals surface area contributed by atoms with Gasteiger partial charge in [-0.25, -0.2) is 0 Å². The van der Waals surface area contributed by atoms with Crippen molar-refractivity contribution < 1.29 is 4.74 Å². The van der Waals surface area contributed by atoms with E-state index in [0.29, 0.717) is 0 Å². The molecule has 1 aromatic carbocycles. The summed E-state index contributed by atoms with van der Waals surface area (Å²) in [4.78, 5) is 0. The van der Waals surface area contributed by atoms with Crippen LogP contribution in [0.25, 0.3) is 0 Å². The maximum Gasteiger partial charge on any atom is 0.0820 e. The highest BCUT2D eigenvalue weighted by Crippen LogP contribution is 2.29. The van der Waals surface area contributed by atoms with Crippen LogP contribution in [0.15, 0.2) is 24.3 Å². The first-order valence-corrected chi connectivity index (χ1v) is 6.45. The van der Waals surface area contributed by atoms with Crippen LogP contribution in [-0.4, -0.2) is 18.8 Å². The minimum absolute atomic E-state index is 0.194. The molecule has 1 N–H and O–H groups in total. The molecular weight excluding hydrogens is 210 g/mol. The van der Waals surface area contributed by atoms with Gasteiger partial charge < -0.3 is 10.1 Å². The molecule has 17 heavy (non-hydrogen) atoms. The lowest BCUT2D eigenvalue weighted by Gasteiger charge is -2.35. The molecule has 0 saturated heterocycles. The van der Waals surface area contributed by atoms with Crippen molar-refractivity contribution in [1.29, 1.82) is 0 Å². The van der Waals surface area contributed by atoms with E-state index in [-0.39, 0.29) is 11.6 Å². The third-order valence-electron chi connectivity index (χ3n) is 3.03. The van der Waals surface area contributed by atoms with Crippen LogP contribution in [0.2, 0.25) is 0 Å². The molecule has 0 fully saturated rings. The maximum atomic E-state index is 5.87. The van der Waals surface area contributed by atoms with Gasteiger partial charge in [-0.05, 0) is 39.8 Å². The minimum Gasteiger partial charge on any atom is -0.374 e. The van der Waals surface area contributed by atoms with Crippen LogP contribution in [0.1, 0.15) is 44.9 Å². The van der Waals surface area contributed by atoms with Crippen LogP contribution in [0.4, 0.5) is 0 Å². The number of hydrogen-bond donors (Lipinski definition) is 1. The van der Waals surface area contributed by atoms with E-state index >= 15 is 0 Å². The first kappa shape index (κ1) is 14.2. The molecule has 1 unspecified atom stereocenters. The SMILES string of the molecule is CCNC(c1ccc(C)cc1)C(C)(C)OCC. The summed E-state index contributed by atoms with van der Waals surface area (Å²) in [6.07, 6.45) is 0. The number of aryl methyl sites for hydroxylation is 1. The van der Waals surface area contributed by atoms with Gasteiger partial charge in [-0.3, -0.25) is 0 Å². The van der Waals surface area contributed by atoms with E-state index in [1.807, 2.05) is 6.92 Å². The van der Waals surface area contributed by atoms with Crippen molar-refractivity contribution in [1.82, 2.24) is 5.32 Å². The number of ether oxygens (including phenoxy) is 1. The predicted molar refractivity (Wildman–Crippen MR) is 73.3 cm³/mol. The Bertz CT molecular complexity index is 329. The molecule has 96 valence electrons. The van der Waals surface area contributed by atoms with E-state index in [0.717, 1.165) is 13.2 Å². The lowest BCUT2D eigenvalue weighted by atomic mass is 9.91. The zero-order valence-corrected chi connectivity index (χ0v) is 11.7. The van der Waals surface area contributed by atoms with Crippen molar-refractivity contribution in [2.24, 2.45) is 0 Å². The molecule has 2 nitrogen and oxygen atoms in total. The molecule has 0 saturated carbocycles. The lowest BCUT2D eigenvalue weighted by molar-refractivity contribution is -0.0388. The number of benzene rings is 1. The molecule has 0 aliphatic carbocycles. The summed E-state index contributed by atoms with van der Waals surface area (Å²) in [5.41, 5.74) is 2.38. The van der Waals surface area contributed by atoms with Crippen LogP contribution in [-0.2, 0) is 4.74 Å². The monoisotopic (exact) mass is 235 g/mol. The Morgan fingerprint density at radius 1 is 1.18 bits per heavy atom. The van der Waals surface area contributed by atoms with Crippen LogP contribution >= 0.6 is 0 Å². The number of hydrogen-bond acceptors (Lipinski definition) is 2. The summed E-state index contributed by atoms with van der Waals surface area (Å²) >= 11 is 0. The Balaban J connectivity index is 2.95. The van der Waals surface area contributed by atoms with E-state index in [1.165, 1.54) is 11.1 Å². The van der Waals surface area contributed by atoms with Gasteiger partial charge >= 0.3 is 0 Å². The number of nitrogens with one attached hydrogen (secondary N) is 1. The van der Waals surface area contributed by atoms with Crippen LogP contribution in [0, 0.1) is 6.92 Å². The molecule has 1 aromatic rings. The third kappa shape index (κ3) is 3.83. The van der Waals surface area contributed by atoms with Gasteiger partial charge in [0.25, 0.3) is 0 Å². The van der Waals surface area contributed by atoms with E-state index in [2.05, 4.69) is 57.3 Å². The smallest absolute Gasteiger partial charge is 0.0820 e. The highest BCUT2D eigenvalue weighted by Gasteiger charge is 2.30. The number of rotatable bonds is 6. The predicted octanol–water partition coefficient (Wildman–Crippen LogP) is 3.46. The second-order valence-corrected chi connectivity index (χ2v) is 4.94. The van der Waals surface area contributed by atoms with Crippen LogP contribution in [0.3, 0.4) is 0 Å². The van der Waals surface area contributed by atoms with Crippen molar-refractivity contribution in [2.75, 3.05) is 13.2 Å². The second kappa shape index (κ2) is 6.18. The summed E-state index contributed by atoms with van der Waals surface area (Å²) in [6.45, 7) is 12.2. The quantitative estimate of drug-likeness (QED) is 0.815. The van der Waals surface area contributed by atoms with Crippen molar-refractivity contribution >= 4 is 0 Å². The standard InChI is InChI=1S/C15H25NO/c1-6-16-14(15(4,5)17-7-2)13-10-8-12(3)9-11-13/h8-11,14,16H,6-7H2,1-5H3. The van der Waals surface area contributed by atoms with E-state index in [4.69, 9.17) is 4.74 Å². The Hall–Kier alpha value is -0.860. The normalized spacial score (nSPS) is 13.7. The topological polar surface area (TPSA) is 21.3 Å². The van der Waals surface area contributed by atoms with E-state index in [1.54, 1.807) is 0 Å². The van der Waals surface area contributed by atoms with Gasteiger partial charge in [0.15, 0.2) is 0 Å². The van der Waals surface area contributed by atoms with Gasteiger partial charge in [0, 0.05) is 6.61 Å². The molecule has 0 aromatic heterocycles. The molecule has 0 radical (unpaired) electrons. The van der Waals surface area contributed by atoms with Gasteiger partial charge in [0.05, 0.1) is 11.6 Å². The van der Waals surface area contributed by atoms with Gasteiger partial charge in [0.2, 0.25) is 0 Å². The fourth-order valence-electron chi connectivity index (χ4n) is 2.18. The zero-order valence-electron chi connectivity index (χ0n) is 11.7. The van der Waals surface area contributed by atoms with Crippen molar-refractivity contribution in [3.05, 3.63) is 35.4 Å². The molecule has 1 rings (SSSR count). The third-order valence-corrected chi connectivity index (χ3v) is 3.03. The maximum absolute atomic E-state index is 5.87. The molecule has 0 heterocycles.